The van der Waals surface area contributed by atoms with Gasteiger partial charge in [-0.1, -0.05) is 53.2 Å². The zero-order chi connectivity index (χ0) is 30.2. The van der Waals surface area contributed by atoms with Crippen LogP contribution < -0.4 is 19.1 Å². The van der Waals surface area contributed by atoms with Crippen molar-refractivity contribution in [1.29, 1.82) is 0 Å². The number of nitrogens with one attached hydrogen (secondary N) is 1. The van der Waals surface area contributed by atoms with Crippen LogP contribution in [0.2, 0.25) is 0 Å². The largest absolute Gasteiger partial charge is 0.497 e. The predicted molar refractivity (Wildman–Crippen MR) is 163 cm³/mol. The van der Waals surface area contributed by atoms with Crippen LogP contribution in [0.25, 0.3) is 0 Å². The van der Waals surface area contributed by atoms with Crippen LogP contribution in [0.3, 0.4) is 0 Å². The average molecular weight is 647 g/mol. The third-order valence-electron chi connectivity index (χ3n) is 6.68. The number of sulfonamides is 1. The summed E-state index contributed by atoms with van der Waals surface area (Å²) in [6.07, 6.45) is 0.719. The van der Waals surface area contributed by atoms with E-state index >= 15 is 0 Å². The van der Waals surface area contributed by atoms with Gasteiger partial charge in [0.1, 0.15) is 24.1 Å². The normalized spacial score (nSPS) is 12.6. The summed E-state index contributed by atoms with van der Waals surface area (Å²) in [6, 6.07) is 19.0. The Bertz CT molecular complexity index is 1450. The number of anilines is 1. The number of hydrogen-bond acceptors (Lipinski definition) is 6. The van der Waals surface area contributed by atoms with E-state index in [1.807, 2.05) is 38.1 Å². The number of amides is 2. The summed E-state index contributed by atoms with van der Waals surface area (Å²) < 4.78 is 40.7. The van der Waals surface area contributed by atoms with Crippen LogP contribution in [0.15, 0.2) is 82.2 Å². The lowest BCUT2D eigenvalue weighted by Crippen LogP contribution is -2.52. The molecule has 0 bridgehead atoms. The van der Waals surface area contributed by atoms with Gasteiger partial charge in [0.25, 0.3) is 10.0 Å². The maximum atomic E-state index is 14.1. The van der Waals surface area contributed by atoms with Crippen LogP contribution in [-0.4, -0.2) is 58.0 Å². The van der Waals surface area contributed by atoms with Crippen LogP contribution in [0.4, 0.5) is 5.69 Å². The summed E-state index contributed by atoms with van der Waals surface area (Å²) in [5, 5.41) is 2.93. The van der Waals surface area contributed by atoms with Gasteiger partial charge in [-0.05, 0) is 62.2 Å². The fraction of sp³-hybridized carbons (Fsp3) is 0.333. The summed E-state index contributed by atoms with van der Waals surface area (Å²) in [6.45, 7) is 4.97. The van der Waals surface area contributed by atoms with Crippen LogP contribution in [0, 0.1) is 0 Å². The second kappa shape index (κ2) is 14.4. The van der Waals surface area contributed by atoms with Gasteiger partial charge in [-0.2, -0.15) is 0 Å². The second-order valence-electron chi connectivity index (χ2n) is 9.51. The van der Waals surface area contributed by atoms with Crippen molar-refractivity contribution in [2.24, 2.45) is 0 Å². The predicted octanol–water partition coefficient (Wildman–Crippen LogP) is 4.99. The Morgan fingerprint density at radius 2 is 1.66 bits per heavy atom. The Hall–Kier alpha value is -3.57. The first-order chi connectivity index (χ1) is 19.5. The molecule has 0 saturated heterocycles. The lowest BCUT2D eigenvalue weighted by atomic mass is 10.1. The van der Waals surface area contributed by atoms with Crippen molar-refractivity contribution in [3.05, 3.63) is 82.8 Å². The molecule has 0 heterocycles. The minimum atomic E-state index is -4.25. The third kappa shape index (κ3) is 8.01. The van der Waals surface area contributed by atoms with E-state index in [1.165, 1.54) is 37.3 Å². The van der Waals surface area contributed by atoms with Gasteiger partial charge in [0.15, 0.2) is 0 Å². The molecule has 0 aliphatic carbocycles. The molecule has 0 saturated carbocycles. The Balaban J connectivity index is 2.10. The SMILES string of the molecule is CC[C@H](C)NC(=O)[C@H](C)N(Cc1cccc(Br)c1)C(=O)CN(c1cc(OC)ccc1OC)S(=O)(=O)c1ccccc1. The fourth-order valence-corrected chi connectivity index (χ4v) is 5.99. The van der Waals surface area contributed by atoms with Crippen molar-refractivity contribution in [3.63, 3.8) is 0 Å². The topological polar surface area (TPSA) is 105 Å². The molecule has 1 N–H and O–H groups in total. The number of methoxy groups -OCH3 is 2. The van der Waals surface area contributed by atoms with Crippen LogP contribution >= 0.6 is 15.9 Å². The molecule has 3 aromatic rings. The van der Waals surface area contributed by atoms with Gasteiger partial charge >= 0.3 is 0 Å². The van der Waals surface area contributed by atoms with E-state index in [0.717, 1.165) is 20.8 Å². The second-order valence-corrected chi connectivity index (χ2v) is 12.3. The highest BCUT2D eigenvalue weighted by Crippen LogP contribution is 2.36. The molecule has 2 atom stereocenters. The van der Waals surface area contributed by atoms with Crippen LogP contribution in [0.1, 0.15) is 32.8 Å². The third-order valence-corrected chi connectivity index (χ3v) is 8.94. The van der Waals surface area contributed by atoms with E-state index in [2.05, 4.69) is 21.2 Å². The fourth-order valence-electron chi connectivity index (χ4n) is 4.10. The summed E-state index contributed by atoms with van der Waals surface area (Å²) >= 11 is 3.45. The van der Waals surface area contributed by atoms with Gasteiger partial charge in [-0.25, -0.2) is 8.42 Å². The lowest BCUT2D eigenvalue weighted by molar-refractivity contribution is -0.139. The highest BCUT2D eigenvalue weighted by Gasteiger charge is 2.34. The molecule has 41 heavy (non-hydrogen) atoms. The number of ether oxygens (including phenoxy) is 2. The highest BCUT2D eigenvalue weighted by molar-refractivity contribution is 9.10. The molecule has 0 radical (unpaired) electrons. The molecule has 0 fully saturated rings. The number of benzene rings is 3. The van der Waals surface area contributed by atoms with Crippen molar-refractivity contribution in [2.75, 3.05) is 25.1 Å². The minimum Gasteiger partial charge on any atom is -0.497 e. The van der Waals surface area contributed by atoms with Crippen molar-refractivity contribution >= 4 is 43.5 Å². The number of nitrogens with zero attached hydrogens (tertiary/aromatic N) is 2. The molecule has 0 aromatic heterocycles. The Labute approximate surface area is 250 Å². The number of rotatable bonds is 13. The molecular weight excluding hydrogens is 610 g/mol. The van der Waals surface area contributed by atoms with Crippen molar-refractivity contribution < 1.29 is 27.5 Å². The van der Waals surface area contributed by atoms with Gasteiger partial charge in [-0.15, -0.1) is 0 Å². The minimum absolute atomic E-state index is 0.00113. The van der Waals surface area contributed by atoms with Gasteiger partial charge in [0, 0.05) is 23.1 Å². The first kappa shape index (κ1) is 32.0. The van der Waals surface area contributed by atoms with Gasteiger partial charge in [0.05, 0.1) is 24.8 Å². The van der Waals surface area contributed by atoms with Crippen LogP contribution in [-0.2, 0) is 26.2 Å². The quantitative estimate of drug-likeness (QED) is 0.281. The first-order valence-electron chi connectivity index (χ1n) is 13.2. The maximum absolute atomic E-state index is 14.1. The summed E-state index contributed by atoms with van der Waals surface area (Å²) in [4.78, 5) is 28.7. The molecule has 0 aliphatic rings. The van der Waals surface area contributed by atoms with E-state index in [-0.39, 0.29) is 34.8 Å². The Morgan fingerprint density at radius 3 is 2.27 bits per heavy atom. The zero-order valence-corrected chi connectivity index (χ0v) is 26.2. The Morgan fingerprint density at radius 1 is 0.951 bits per heavy atom. The summed E-state index contributed by atoms with van der Waals surface area (Å²) in [7, 11) is -1.37. The summed E-state index contributed by atoms with van der Waals surface area (Å²) in [5.41, 5.74) is 0.899. The number of hydrogen-bond donors (Lipinski definition) is 1. The standard InChI is InChI=1S/C30H36BrN3O6S/c1-6-21(2)32-30(36)22(3)33(19-23-11-10-12-24(31)17-23)29(35)20-34(41(37,38)26-13-8-7-9-14-26)27-18-25(39-4)15-16-28(27)40-5/h7-18,21-22H,6,19-20H2,1-5H3,(H,32,36)/t21-,22-/m0/s1. The highest BCUT2D eigenvalue weighted by atomic mass is 79.9. The van der Waals surface area contributed by atoms with Crippen molar-refractivity contribution in [2.45, 2.75) is 50.7 Å². The molecule has 9 nitrogen and oxygen atoms in total. The van der Waals surface area contributed by atoms with E-state index in [4.69, 9.17) is 9.47 Å². The molecule has 3 aromatic carbocycles. The molecule has 220 valence electrons. The molecule has 2 amide bonds. The van der Waals surface area contributed by atoms with Gasteiger partial charge in [-0.3, -0.25) is 13.9 Å². The average Bonchev–Trinajstić information content (AvgIpc) is 2.98. The van der Waals surface area contributed by atoms with Crippen molar-refractivity contribution in [1.82, 2.24) is 10.2 Å². The monoisotopic (exact) mass is 645 g/mol. The molecule has 0 unspecified atom stereocenters. The maximum Gasteiger partial charge on any atom is 0.264 e. The number of carbonyl (C=O) groups excluding carboxylic acids is 2. The first-order valence-corrected chi connectivity index (χ1v) is 15.4. The summed E-state index contributed by atoms with van der Waals surface area (Å²) in [5.74, 6) is -0.284. The molecule has 0 aliphatic heterocycles. The van der Waals surface area contributed by atoms with E-state index in [9.17, 15) is 18.0 Å². The van der Waals surface area contributed by atoms with Crippen molar-refractivity contribution in [3.8, 4) is 11.5 Å². The van der Waals surface area contributed by atoms with Crippen LogP contribution in [0.5, 0.6) is 11.5 Å². The number of carbonyl (C=O) groups is 2. The van der Waals surface area contributed by atoms with Gasteiger partial charge in [0.2, 0.25) is 11.8 Å². The molecule has 11 heteroatoms. The smallest absolute Gasteiger partial charge is 0.264 e. The number of halogens is 1. The molecule has 3 rings (SSSR count). The van der Waals surface area contributed by atoms with Gasteiger partial charge < -0.3 is 19.7 Å². The molecule has 0 spiro atoms. The van der Waals surface area contributed by atoms with E-state index in [0.29, 0.717) is 5.75 Å². The Kier molecular flexibility index (Phi) is 11.2. The molecular formula is C30H36BrN3O6S. The van der Waals surface area contributed by atoms with E-state index in [1.54, 1.807) is 37.3 Å². The zero-order valence-electron chi connectivity index (χ0n) is 23.8. The van der Waals surface area contributed by atoms with E-state index < -0.39 is 28.5 Å². The lowest BCUT2D eigenvalue weighted by Gasteiger charge is -2.33.